The van der Waals surface area contributed by atoms with Crippen LogP contribution < -0.4 is 5.32 Å². The summed E-state index contributed by atoms with van der Waals surface area (Å²) in [4.78, 5) is 0. The third kappa shape index (κ3) is 4.47. The summed E-state index contributed by atoms with van der Waals surface area (Å²) in [6.45, 7) is 10.0. The fourth-order valence-electron chi connectivity index (χ4n) is 1.74. The molecule has 1 aromatic rings. The Bertz CT molecular complexity index is 341. The summed E-state index contributed by atoms with van der Waals surface area (Å²) in [5.74, 6) is 0. The van der Waals surface area contributed by atoms with Gasteiger partial charge in [-0.2, -0.15) is 0 Å². The van der Waals surface area contributed by atoms with Gasteiger partial charge in [0.05, 0.1) is 7.57 Å². The van der Waals surface area contributed by atoms with E-state index in [1.165, 1.54) is 13.1 Å². The van der Waals surface area contributed by atoms with E-state index >= 15 is 0 Å². The van der Waals surface area contributed by atoms with Crippen molar-refractivity contribution in [1.29, 1.82) is 0 Å². The summed E-state index contributed by atoms with van der Waals surface area (Å²) < 4.78 is 2.42. The summed E-state index contributed by atoms with van der Waals surface area (Å²) in [6.07, 6.45) is 1.14. The molecule has 1 aromatic heterocycles. The van der Waals surface area contributed by atoms with Crippen LogP contribution in [0.1, 0.15) is 45.7 Å². The van der Waals surface area contributed by atoms with E-state index in [1.54, 1.807) is 11.3 Å². The second kappa shape index (κ2) is 5.98. The topological polar surface area (TPSA) is 12.0 Å². The highest BCUT2D eigenvalue weighted by atomic mass is 79.9. The highest BCUT2D eigenvalue weighted by molar-refractivity contribution is 9.12. The number of hydrogen-bond acceptors (Lipinski definition) is 2. The molecule has 0 fully saturated rings. The SMILES string of the molecule is CCNC(CC(C)(C)C)c1cc(Br)sc1Br. The van der Waals surface area contributed by atoms with Gasteiger partial charge in [-0.1, -0.05) is 27.7 Å². The maximum Gasteiger partial charge on any atom is 0.0758 e. The van der Waals surface area contributed by atoms with Gasteiger partial charge in [0.15, 0.2) is 0 Å². The molecule has 1 unspecified atom stereocenters. The monoisotopic (exact) mass is 367 g/mol. The van der Waals surface area contributed by atoms with Gasteiger partial charge in [-0.05, 0) is 61.9 Å². The van der Waals surface area contributed by atoms with Crippen LogP contribution in [0.15, 0.2) is 13.6 Å². The van der Waals surface area contributed by atoms with E-state index in [0.29, 0.717) is 11.5 Å². The molecule has 0 aliphatic heterocycles. The van der Waals surface area contributed by atoms with Gasteiger partial charge in [0.25, 0.3) is 0 Å². The molecule has 0 aliphatic rings. The Kier molecular flexibility index (Phi) is 5.49. The van der Waals surface area contributed by atoms with Gasteiger partial charge < -0.3 is 5.32 Å². The fraction of sp³-hybridized carbons (Fsp3) is 0.667. The molecule has 1 N–H and O–H groups in total. The number of hydrogen-bond donors (Lipinski definition) is 1. The third-order valence-electron chi connectivity index (χ3n) is 2.33. The van der Waals surface area contributed by atoms with Crippen LogP contribution in [0.25, 0.3) is 0 Å². The smallest absolute Gasteiger partial charge is 0.0758 e. The summed E-state index contributed by atoms with van der Waals surface area (Å²) in [5, 5.41) is 3.57. The van der Waals surface area contributed by atoms with Gasteiger partial charge in [0.1, 0.15) is 0 Å². The first kappa shape index (κ1) is 14.7. The largest absolute Gasteiger partial charge is 0.310 e. The maximum absolute atomic E-state index is 3.64. The lowest BCUT2D eigenvalue weighted by Gasteiger charge is -2.26. The molecular weight excluding hydrogens is 350 g/mol. The Balaban J connectivity index is 2.89. The Hall–Kier alpha value is 0.620. The predicted molar refractivity (Wildman–Crippen MR) is 80.2 cm³/mol. The number of rotatable bonds is 4. The minimum Gasteiger partial charge on any atom is -0.310 e. The van der Waals surface area contributed by atoms with Gasteiger partial charge in [-0.25, -0.2) is 0 Å². The molecule has 0 bridgehead atoms. The van der Waals surface area contributed by atoms with Gasteiger partial charge in [-0.15, -0.1) is 11.3 Å². The first-order valence-corrected chi connectivity index (χ1v) is 7.92. The number of nitrogens with one attached hydrogen (secondary N) is 1. The minimum atomic E-state index is 0.334. The number of halogens is 2. The minimum absolute atomic E-state index is 0.334. The highest BCUT2D eigenvalue weighted by Gasteiger charge is 2.22. The van der Waals surface area contributed by atoms with Crippen molar-refractivity contribution >= 4 is 43.2 Å². The van der Waals surface area contributed by atoms with Crippen molar-refractivity contribution in [3.8, 4) is 0 Å². The van der Waals surface area contributed by atoms with Crippen molar-refractivity contribution in [3.63, 3.8) is 0 Å². The third-order valence-corrected chi connectivity index (χ3v) is 4.71. The van der Waals surface area contributed by atoms with Gasteiger partial charge >= 0.3 is 0 Å². The summed E-state index contributed by atoms with van der Waals surface area (Å²) in [6, 6.07) is 2.65. The lowest BCUT2D eigenvalue weighted by molar-refractivity contribution is 0.314. The Morgan fingerprint density at radius 1 is 1.38 bits per heavy atom. The molecule has 16 heavy (non-hydrogen) atoms. The average molecular weight is 369 g/mol. The van der Waals surface area contributed by atoms with Gasteiger partial charge in [0, 0.05) is 6.04 Å². The molecule has 1 heterocycles. The molecule has 1 rings (SSSR count). The molecule has 0 saturated carbocycles. The maximum atomic E-state index is 3.64. The molecule has 0 aromatic carbocycles. The van der Waals surface area contributed by atoms with Crippen molar-refractivity contribution in [2.75, 3.05) is 6.54 Å². The van der Waals surface area contributed by atoms with E-state index < -0.39 is 0 Å². The van der Waals surface area contributed by atoms with E-state index in [4.69, 9.17) is 0 Å². The van der Waals surface area contributed by atoms with Crippen LogP contribution in [-0.4, -0.2) is 6.54 Å². The second-order valence-corrected chi connectivity index (χ2v) is 8.90. The molecule has 1 atom stereocenters. The van der Waals surface area contributed by atoms with Crippen LogP contribution in [0, 0.1) is 5.41 Å². The van der Waals surface area contributed by atoms with Crippen molar-refractivity contribution in [1.82, 2.24) is 5.32 Å². The predicted octanol–water partition coefficient (Wildman–Crippen LogP) is 5.36. The van der Waals surface area contributed by atoms with Crippen LogP contribution in [0.2, 0.25) is 0 Å². The van der Waals surface area contributed by atoms with Crippen molar-refractivity contribution in [3.05, 3.63) is 19.2 Å². The summed E-state index contributed by atoms with van der Waals surface area (Å²) in [5.41, 5.74) is 1.70. The fourth-order valence-corrected chi connectivity index (χ4v) is 4.72. The second-order valence-electron chi connectivity index (χ2n) is 5.15. The van der Waals surface area contributed by atoms with Crippen molar-refractivity contribution < 1.29 is 0 Å². The Morgan fingerprint density at radius 3 is 2.38 bits per heavy atom. The van der Waals surface area contributed by atoms with Gasteiger partial charge in [0.2, 0.25) is 0 Å². The van der Waals surface area contributed by atoms with Crippen molar-refractivity contribution in [2.24, 2.45) is 5.41 Å². The molecule has 0 radical (unpaired) electrons. The first-order valence-electron chi connectivity index (χ1n) is 5.51. The normalized spacial score (nSPS) is 14.1. The summed E-state index contributed by atoms with van der Waals surface area (Å²) >= 11 is 8.93. The molecule has 92 valence electrons. The van der Waals surface area contributed by atoms with Crippen LogP contribution in [0.5, 0.6) is 0 Å². The van der Waals surface area contributed by atoms with E-state index in [9.17, 15) is 0 Å². The molecule has 1 nitrogen and oxygen atoms in total. The Morgan fingerprint density at radius 2 is 2.00 bits per heavy atom. The molecule has 4 heteroatoms. The van der Waals surface area contributed by atoms with Gasteiger partial charge in [-0.3, -0.25) is 0 Å². The molecule has 0 amide bonds. The standard InChI is InChI=1S/C12H19Br2NS/c1-5-15-9(7-12(2,3)4)8-6-10(13)16-11(8)14/h6,9,15H,5,7H2,1-4H3. The first-order chi connectivity index (χ1) is 7.33. The van der Waals surface area contributed by atoms with E-state index in [2.05, 4.69) is 70.9 Å². The van der Waals surface area contributed by atoms with E-state index in [1.807, 2.05) is 0 Å². The highest BCUT2D eigenvalue weighted by Crippen LogP contribution is 2.39. The molecule has 0 spiro atoms. The average Bonchev–Trinajstić information content (AvgIpc) is 2.42. The van der Waals surface area contributed by atoms with Crippen LogP contribution >= 0.6 is 43.2 Å². The zero-order valence-electron chi connectivity index (χ0n) is 10.2. The van der Waals surface area contributed by atoms with Crippen molar-refractivity contribution in [2.45, 2.75) is 40.2 Å². The van der Waals surface area contributed by atoms with E-state index in [-0.39, 0.29) is 0 Å². The van der Waals surface area contributed by atoms with Crippen LogP contribution in [0.3, 0.4) is 0 Å². The van der Waals surface area contributed by atoms with E-state index in [0.717, 1.165) is 13.0 Å². The zero-order valence-corrected chi connectivity index (χ0v) is 14.2. The Labute approximate surface area is 119 Å². The summed E-state index contributed by atoms with van der Waals surface area (Å²) in [7, 11) is 0. The molecule has 0 saturated heterocycles. The number of thiophene rings is 1. The van der Waals surface area contributed by atoms with Crippen LogP contribution in [-0.2, 0) is 0 Å². The van der Waals surface area contributed by atoms with Crippen LogP contribution in [0.4, 0.5) is 0 Å². The molecule has 0 aliphatic carbocycles. The zero-order chi connectivity index (χ0) is 12.3. The molecular formula is C12H19Br2NS. The lowest BCUT2D eigenvalue weighted by atomic mass is 9.86. The lowest BCUT2D eigenvalue weighted by Crippen LogP contribution is -2.25. The quantitative estimate of drug-likeness (QED) is 0.754.